The molecule has 1 aromatic heterocycles. The summed E-state index contributed by atoms with van der Waals surface area (Å²) in [6.45, 7) is 4.15. The van der Waals surface area contributed by atoms with Crippen molar-refractivity contribution < 1.29 is 4.79 Å². The molecule has 190 valence electrons. The van der Waals surface area contributed by atoms with Gasteiger partial charge in [-0.3, -0.25) is 9.36 Å². The van der Waals surface area contributed by atoms with Crippen LogP contribution in [0, 0.1) is 6.92 Å². The molecule has 0 saturated heterocycles. The summed E-state index contributed by atoms with van der Waals surface area (Å²) in [6.07, 6.45) is 6.83. The van der Waals surface area contributed by atoms with Crippen molar-refractivity contribution in [3.8, 4) is 22.5 Å². The van der Waals surface area contributed by atoms with Crippen molar-refractivity contribution >= 4 is 23.4 Å². The molecule has 4 aromatic rings. The summed E-state index contributed by atoms with van der Waals surface area (Å²) in [4.78, 5) is 13.0. The minimum absolute atomic E-state index is 0.0130. The lowest BCUT2D eigenvalue weighted by Gasteiger charge is -2.25. The number of hydrogen-bond acceptors (Lipinski definition) is 4. The maximum Gasteiger partial charge on any atom is 0.234 e. The van der Waals surface area contributed by atoms with Crippen LogP contribution in [0.25, 0.3) is 22.5 Å². The Hall–Kier alpha value is -3.38. The van der Waals surface area contributed by atoms with E-state index in [9.17, 15) is 4.79 Å². The molecule has 5 nitrogen and oxygen atoms in total. The Morgan fingerprint density at radius 3 is 2.32 bits per heavy atom. The normalized spacial score (nSPS) is 14.0. The van der Waals surface area contributed by atoms with Gasteiger partial charge in [0.15, 0.2) is 11.0 Å². The zero-order valence-corrected chi connectivity index (χ0v) is 22.4. The predicted molar refractivity (Wildman–Crippen MR) is 153 cm³/mol. The van der Waals surface area contributed by atoms with Crippen LogP contribution in [0.1, 0.15) is 56.2 Å². The highest BCUT2D eigenvalue weighted by molar-refractivity contribution is 7.99. The maximum absolute atomic E-state index is 13.0. The highest BCUT2D eigenvalue weighted by atomic mass is 32.2. The van der Waals surface area contributed by atoms with Crippen molar-refractivity contribution in [1.29, 1.82) is 0 Å². The van der Waals surface area contributed by atoms with Gasteiger partial charge in [0.25, 0.3) is 0 Å². The smallest absolute Gasteiger partial charge is 0.234 e. The second kappa shape index (κ2) is 11.8. The molecule has 1 saturated carbocycles. The number of para-hydroxylation sites is 1. The van der Waals surface area contributed by atoms with E-state index in [2.05, 4.69) is 81.6 Å². The molecule has 6 heteroatoms. The molecule has 1 aliphatic carbocycles. The Morgan fingerprint density at radius 2 is 1.59 bits per heavy atom. The first-order valence-electron chi connectivity index (χ1n) is 13.3. The monoisotopic (exact) mass is 510 g/mol. The van der Waals surface area contributed by atoms with E-state index in [1.165, 1.54) is 42.2 Å². The van der Waals surface area contributed by atoms with Crippen molar-refractivity contribution in [3.63, 3.8) is 0 Å². The SMILES string of the molecule is CCc1cccc(C)c1NC(=O)CSc1nnc(-c2ccc(-c3ccccc3)cc2)n1C1CCCCC1. The largest absolute Gasteiger partial charge is 0.325 e. The standard InChI is InChI=1S/C31H34N4OS/c1-3-23-14-10-11-22(2)29(23)32-28(36)21-37-31-34-33-30(35(31)27-15-8-5-9-16-27)26-19-17-25(18-20-26)24-12-6-4-7-13-24/h4,6-7,10-14,17-20,27H,3,5,8-9,15-16,21H2,1-2H3,(H,32,36). The molecule has 0 bridgehead atoms. The first kappa shape index (κ1) is 25.3. The summed E-state index contributed by atoms with van der Waals surface area (Å²) in [7, 11) is 0. The van der Waals surface area contributed by atoms with Gasteiger partial charge in [-0.15, -0.1) is 10.2 Å². The van der Waals surface area contributed by atoms with E-state index in [1.807, 2.05) is 25.1 Å². The number of aryl methyl sites for hydroxylation is 2. The highest BCUT2D eigenvalue weighted by Gasteiger charge is 2.24. The van der Waals surface area contributed by atoms with E-state index < -0.39 is 0 Å². The number of aromatic nitrogens is 3. The molecule has 1 N–H and O–H groups in total. The molecule has 0 spiro atoms. The molecule has 0 aliphatic heterocycles. The molecule has 5 rings (SSSR count). The van der Waals surface area contributed by atoms with Gasteiger partial charge in [-0.2, -0.15) is 0 Å². The fourth-order valence-corrected chi connectivity index (χ4v) is 6.00. The summed E-state index contributed by atoms with van der Waals surface area (Å²) in [6, 6.07) is 25.5. The number of carbonyl (C=O) groups excluding carboxylic acids is 1. The Bertz CT molecular complexity index is 1340. The number of benzene rings is 3. The lowest BCUT2D eigenvalue weighted by molar-refractivity contribution is -0.113. The average Bonchev–Trinajstić information content (AvgIpc) is 3.38. The summed E-state index contributed by atoms with van der Waals surface area (Å²) < 4.78 is 2.29. The second-order valence-corrected chi connectivity index (χ2v) is 10.7. The minimum atomic E-state index is -0.0130. The molecule has 0 radical (unpaired) electrons. The average molecular weight is 511 g/mol. The summed E-state index contributed by atoms with van der Waals surface area (Å²) in [5.74, 6) is 1.18. The van der Waals surface area contributed by atoms with Gasteiger partial charge < -0.3 is 5.32 Å². The lowest BCUT2D eigenvalue weighted by atomic mass is 9.95. The fraction of sp³-hybridized carbons (Fsp3) is 0.323. The number of amides is 1. The van der Waals surface area contributed by atoms with Crippen molar-refractivity contribution in [2.24, 2.45) is 0 Å². The zero-order chi connectivity index (χ0) is 25.6. The molecule has 3 aromatic carbocycles. The van der Waals surface area contributed by atoms with E-state index in [1.54, 1.807) is 0 Å². The molecule has 1 aliphatic rings. The molecule has 1 fully saturated rings. The highest BCUT2D eigenvalue weighted by Crippen LogP contribution is 2.36. The molecule has 1 amide bonds. The number of nitrogens with zero attached hydrogens (tertiary/aromatic N) is 3. The predicted octanol–water partition coefficient (Wildman–Crippen LogP) is 7.72. The zero-order valence-electron chi connectivity index (χ0n) is 21.6. The van der Waals surface area contributed by atoms with Crippen LogP contribution in [0.3, 0.4) is 0 Å². The Kier molecular flexibility index (Phi) is 8.05. The van der Waals surface area contributed by atoms with Crippen molar-refractivity contribution in [2.45, 2.75) is 63.6 Å². The molecule has 0 atom stereocenters. The summed E-state index contributed by atoms with van der Waals surface area (Å²) in [5, 5.41) is 13.2. The van der Waals surface area contributed by atoms with Crippen LogP contribution < -0.4 is 5.32 Å². The summed E-state index contributed by atoms with van der Waals surface area (Å²) >= 11 is 1.48. The third-order valence-corrected chi connectivity index (χ3v) is 8.13. The first-order chi connectivity index (χ1) is 18.1. The number of rotatable bonds is 8. The topological polar surface area (TPSA) is 59.8 Å². The van der Waals surface area contributed by atoms with Gasteiger partial charge in [0.2, 0.25) is 5.91 Å². The molecule has 1 heterocycles. The van der Waals surface area contributed by atoms with Crippen LogP contribution in [0.15, 0.2) is 78.0 Å². The van der Waals surface area contributed by atoms with Crippen LogP contribution >= 0.6 is 11.8 Å². The van der Waals surface area contributed by atoms with Gasteiger partial charge in [-0.05, 0) is 48.4 Å². The minimum Gasteiger partial charge on any atom is -0.325 e. The number of carbonyl (C=O) groups is 1. The second-order valence-electron chi connectivity index (χ2n) is 9.71. The van der Waals surface area contributed by atoms with Gasteiger partial charge in [0.1, 0.15) is 0 Å². The fourth-order valence-electron chi connectivity index (χ4n) is 5.19. The van der Waals surface area contributed by atoms with E-state index in [4.69, 9.17) is 0 Å². The van der Waals surface area contributed by atoms with Gasteiger partial charge in [-0.1, -0.05) is 111 Å². The molecule has 37 heavy (non-hydrogen) atoms. The Morgan fingerprint density at radius 1 is 0.892 bits per heavy atom. The number of nitrogens with one attached hydrogen (secondary N) is 1. The van der Waals surface area contributed by atoms with Gasteiger partial charge >= 0.3 is 0 Å². The van der Waals surface area contributed by atoms with Crippen molar-refractivity contribution in [2.75, 3.05) is 11.1 Å². The van der Waals surface area contributed by atoms with Crippen molar-refractivity contribution in [3.05, 3.63) is 83.9 Å². The third kappa shape index (κ3) is 5.80. The van der Waals surface area contributed by atoms with Gasteiger partial charge in [-0.25, -0.2) is 0 Å². The van der Waals surface area contributed by atoms with E-state index in [0.29, 0.717) is 11.8 Å². The van der Waals surface area contributed by atoms with Crippen LogP contribution in [-0.4, -0.2) is 26.4 Å². The number of thioether (sulfide) groups is 1. The van der Waals surface area contributed by atoms with Crippen LogP contribution in [0.4, 0.5) is 5.69 Å². The lowest BCUT2D eigenvalue weighted by Crippen LogP contribution is -2.18. The maximum atomic E-state index is 13.0. The van der Waals surface area contributed by atoms with Crippen molar-refractivity contribution in [1.82, 2.24) is 14.8 Å². The first-order valence-corrected chi connectivity index (χ1v) is 14.2. The number of hydrogen-bond donors (Lipinski definition) is 1. The number of anilines is 1. The van der Waals surface area contributed by atoms with Crippen LogP contribution in [0.5, 0.6) is 0 Å². The van der Waals surface area contributed by atoms with E-state index in [0.717, 1.165) is 52.6 Å². The third-order valence-electron chi connectivity index (χ3n) is 7.19. The van der Waals surface area contributed by atoms with Crippen LogP contribution in [0.2, 0.25) is 0 Å². The quantitative estimate of drug-likeness (QED) is 0.247. The summed E-state index contributed by atoms with van der Waals surface area (Å²) in [5.41, 5.74) is 6.62. The Balaban J connectivity index is 1.37. The molecular weight excluding hydrogens is 476 g/mol. The van der Waals surface area contributed by atoms with E-state index >= 15 is 0 Å². The molecular formula is C31H34N4OS. The van der Waals surface area contributed by atoms with Crippen LogP contribution in [-0.2, 0) is 11.2 Å². The van der Waals surface area contributed by atoms with E-state index in [-0.39, 0.29) is 5.91 Å². The Labute approximate surface area is 223 Å². The van der Waals surface area contributed by atoms with Gasteiger partial charge in [0.05, 0.1) is 5.75 Å². The molecule has 0 unspecified atom stereocenters. The van der Waals surface area contributed by atoms with Gasteiger partial charge in [0, 0.05) is 17.3 Å².